The Labute approximate surface area is 118 Å². The van der Waals surface area contributed by atoms with Gasteiger partial charge >= 0.3 is 6.03 Å². The van der Waals surface area contributed by atoms with Gasteiger partial charge in [0.1, 0.15) is 12.4 Å². The Morgan fingerprint density at radius 1 is 1.45 bits per heavy atom. The molecule has 0 saturated carbocycles. The number of nitrogens with one attached hydrogen (secondary N) is 1. The normalized spacial score (nSPS) is 28.7. The van der Waals surface area contributed by atoms with Gasteiger partial charge in [-0.15, -0.1) is 0 Å². The zero-order valence-electron chi connectivity index (χ0n) is 11.6. The van der Waals surface area contributed by atoms with Gasteiger partial charge in [-0.05, 0) is 18.4 Å². The first-order valence-corrected chi connectivity index (χ1v) is 7.10. The number of amides is 2. The fourth-order valence-electron chi connectivity index (χ4n) is 2.76. The van der Waals surface area contributed by atoms with Crippen LogP contribution in [0.5, 0.6) is 5.75 Å². The van der Waals surface area contributed by atoms with Crippen molar-refractivity contribution in [1.82, 2.24) is 10.2 Å². The second kappa shape index (κ2) is 5.32. The Hall–Kier alpha value is -1.75. The van der Waals surface area contributed by atoms with Crippen molar-refractivity contribution in [3.63, 3.8) is 0 Å². The molecule has 1 saturated heterocycles. The van der Waals surface area contributed by atoms with E-state index in [4.69, 9.17) is 4.74 Å². The molecule has 2 aliphatic rings. The predicted octanol–water partition coefficient (Wildman–Crippen LogP) is 1.53. The molecule has 2 amide bonds. The molecule has 1 aromatic rings. The molecular formula is C15H20N2O3. The van der Waals surface area contributed by atoms with Crippen LogP contribution in [-0.2, 0) is 0 Å². The molecule has 108 valence electrons. The van der Waals surface area contributed by atoms with E-state index < -0.39 is 6.10 Å². The summed E-state index contributed by atoms with van der Waals surface area (Å²) in [5.41, 5.74) is 1.02. The van der Waals surface area contributed by atoms with Crippen LogP contribution in [0.25, 0.3) is 0 Å². The zero-order chi connectivity index (χ0) is 14.1. The maximum atomic E-state index is 12.3. The minimum absolute atomic E-state index is 0.102. The molecule has 0 spiro atoms. The number of fused-ring (bicyclic) bond motifs is 1. The standard InChI is InChI=1S/C15H20N2O3/c1-10-6-7-17(8-13(10)18)15(19)16-12-9-20-14-5-3-2-4-11(12)14/h2-5,10,12-13,18H,6-9H2,1H3,(H,16,19). The summed E-state index contributed by atoms with van der Waals surface area (Å²) in [4.78, 5) is 14.0. The number of hydrogen-bond donors (Lipinski definition) is 2. The molecule has 3 atom stereocenters. The largest absolute Gasteiger partial charge is 0.491 e. The van der Waals surface area contributed by atoms with Crippen molar-refractivity contribution in [2.75, 3.05) is 19.7 Å². The number of likely N-dealkylation sites (tertiary alicyclic amines) is 1. The van der Waals surface area contributed by atoms with Crippen LogP contribution in [0.3, 0.4) is 0 Å². The average molecular weight is 276 g/mol. The molecule has 5 heteroatoms. The van der Waals surface area contributed by atoms with Gasteiger partial charge in [-0.2, -0.15) is 0 Å². The molecule has 0 radical (unpaired) electrons. The number of aliphatic hydroxyl groups excluding tert-OH is 1. The third kappa shape index (κ3) is 2.45. The number of benzene rings is 1. The van der Waals surface area contributed by atoms with Crippen LogP contribution >= 0.6 is 0 Å². The van der Waals surface area contributed by atoms with E-state index in [1.54, 1.807) is 4.90 Å². The van der Waals surface area contributed by atoms with Gasteiger partial charge in [0.2, 0.25) is 0 Å². The van der Waals surface area contributed by atoms with E-state index in [0.717, 1.165) is 17.7 Å². The smallest absolute Gasteiger partial charge is 0.318 e. The maximum Gasteiger partial charge on any atom is 0.318 e. The number of para-hydroxylation sites is 1. The second-order valence-corrected chi connectivity index (χ2v) is 5.63. The Kier molecular flexibility index (Phi) is 3.53. The summed E-state index contributed by atoms with van der Waals surface area (Å²) in [7, 11) is 0. The van der Waals surface area contributed by atoms with Crippen molar-refractivity contribution < 1.29 is 14.6 Å². The number of nitrogens with zero attached hydrogens (tertiary/aromatic N) is 1. The van der Waals surface area contributed by atoms with Crippen molar-refractivity contribution in [2.24, 2.45) is 5.92 Å². The summed E-state index contributed by atoms with van der Waals surface area (Å²) >= 11 is 0. The molecule has 2 N–H and O–H groups in total. The first-order valence-electron chi connectivity index (χ1n) is 7.10. The first kappa shape index (κ1) is 13.2. The number of hydrogen-bond acceptors (Lipinski definition) is 3. The van der Waals surface area contributed by atoms with Crippen LogP contribution in [0.15, 0.2) is 24.3 Å². The number of piperidine rings is 1. The highest BCUT2D eigenvalue weighted by Gasteiger charge is 2.30. The van der Waals surface area contributed by atoms with E-state index in [2.05, 4.69) is 5.32 Å². The van der Waals surface area contributed by atoms with Gasteiger partial charge in [-0.3, -0.25) is 0 Å². The average Bonchev–Trinajstić information content (AvgIpc) is 2.85. The summed E-state index contributed by atoms with van der Waals surface area (Å²) in [6.07, 6.45) is 0.411. The molecule has 5 nitrogen and oxygen atoms in total. The van der Waals surface area contributed by atoms with Crippen molar-refractivity contribution in [3.05, 3.63) is 29.8 Å². The molecule has 1 aromatic carbocycles. The van der Waals surface area contributed by atoms with E-state index in [1.807, 2.05) is 31.2 Å². The third-order valence-corrected chi connectivity index (χ3v) is 4.20. The Morgan fingerprint density at radius 3 is 3.05 bits per heavy atom. The molecular weight excluding hydrogens is 256 g/mol. The van der Waals surface area contributed by atoms with Gasteiger partial charge in [0.05, 0.1) is 12.1 Å². The van der Waals surface area contributed by atoms with Gasteiger partial charge < -0.3 is 20.1 Å². The van der Waals surface area contributed by atoms with Gasteiger partial charge in [0.15, 0.2) is 0 Å². The predicted molar refractivity (Wildman–Crippen MR) is 74.6 cm³/mol. The molecule has 0 aromatic heterocycles. The fraction of sp³-hybridized carbons (Fsp3) is 0.533. The number of carbonyl (C=O) groups excluding carboxylic acids is 1. The summed E-state index contributed by atoms with van der Waals surface area (Å²) in [5.74, 6) is 1.10. The SMILES string of the molecule is CC1CCN(C(=O)NC2COc3ccccc32)CC1O. The summed E-state index contributed by atoms with van der Waals surface area (Å²) in [5, 5.41) is 12.9. The highest BCUT2D eigenvalue weighted by Crippen LogP contribution is 2.31. The lowest BCUT2D eigenvalue weighted by Gasteiger charge is -2.34. The molecule has 1 fully saturated rings. The molecule has 2 heterocycles. The topological polar surface area (TPSA) is 61.8 Å². The molecule has 0 aliphatic carbocycles. The van der Waals surface area contributed by atoms with E-state index in [-0.39, 0.29) is 18.0 Å². The van der Waals surface area contributed by atoms with Crippen LogP contribution in [0.4, 0.5) is 4.79 Å². The molecule has 3 rings (SSSR count). The van der Waals surface area contributed by atoms with Gasteiger partial charge in [0.25, 0.3) is 0 Å². The minimum atomic E-state index is -0.429. The quantitative estimate of drug-likeness (QED) is 0.817. The Morgan fingerprint density at radius 2 is 2.25 bits per heavy atom. The lowest BCUT2D eigenvalue weighted by molar-refractivity contribution is 0.0428. The number of urea groups is 1. The van der Waals surface area contributed by atoms with E-state index in [1.165, 1.54) is 0 Å². The van der Waals surface area contributed by atoms with Crippen molar-refractivity contribution in [3.8, 4) is 5.75 Å². The van der Waals surface area contributed by atoms with Crippen LogP contribution < -0.4 is 10.1 Å². The first-order chi connectivity index (χ1) is 9.65. The van der Waals surface area contributed by atoms with Crippen LogP contribution in [0, 0.1) is 5.92 Å². The molecule has 20 heavy (non-hydrogen) atoms. The summed E-state index contributed by atoms with van der Waals surface area (Å²) < 4.78 is 5.55. The lowest BCUT2D eigenvalue weighted by Crippen LogP contribution is -2.50. The molecule has 3 unspecified atom stereocenters. The highest BCUT2D eigenvalue weighted by atomic mass is 16.5. The Balaban J connectivity index is 1.63. The maximum absolute atomic E-state index is 12.3. The minimum Gasteiger partial charge on any atom is -0.491 e. The second-order valence-electron chi connectivity index (χ2n) is 5.63. The van der Waals surface area contributed by atoms with Crippen molar-refractivity contribution >= 4 is 6.03 Å². The lowest BCUT2D eigenvalue weighted by atomic mass is 9.96. The molecule has 0 bridgehead atoms. The third-order valence-electron chi connectivity index (χ3n) is 4.20. The van der Waals surface area contributed by atoms with Crippen LogP contribution in [0.2, 0.25) is 0 Å². The number of ether oxygens (including phenoxy) is 1. The number of aliphatic hydroxyl groups is 1. The number of carbonyl (C=O) groups is 1. The van der Waals surface area contributed by atoms with Gasteiger partial charge in [0, 0.05) is 18.7 Å². The van der Waals surface area contributed by atoms with Gasteiger partial charge in [-0.25, -0.2) is 4.79 Å². The van der Waals surface area contributed by atoms with Crippen LogP contribution in [-0.4, -0.2) is 41.8 Å². The number of rotatable bonds is 1. The number of β-amino-alcohol motifs (C(OH)–C–C–N with tert-alkyl or cyclic N) is 1. The highest BCUT2D eigenvalue weighted by molar-refractivity contribution is 5.75. The zero-order valence-corrected chi connectivity index (χ0v) is 11.6. The van der Waals surface area contributed by atoms with Crippen LogP contribution in [0.1, 0.15) is 24.9 Å². The van der Waals surface area contributed by atoms with Crippen molar-refractivity contribution in [2.45, 2.75) is 25.5 Å². The van der Waals surface area contributed by atoms with E-state index in [0.29, 0.717) is 19.7 Å². The van der Waals surface area contributed by atoms with E-state index in [9.17, 15) is 9.90 Å². The fourth-order valence-corrected chi connectivity index (χ4v) is 2.76. The van der Waals surface area contributed by atoms with Crippen molar-refractivity contribution in [1.29, 1.82) is 0 Å². The molecule has 2 aliphatic heterocycles. The van der Waals surface area contributed by atoms with E-state index >= 15 is 0 Å². The summed E-state index contributed by atoms with van der Waals surface area (Å²) in [6, 6.07) is 7.52. The summed E-state index contributed by atoms with van der Waals surface area (Å²) in [6.45, 7) is 3.58. The Bertz CT molecular complexity index is 506. The van der Waals surface area contributed by atoms with Gasteiger partial charge in [-0.1, -0.05) is 25.1 Å². The monoisotopic (exact) mass is 276 g/mol.